The zero-order valence-electron chi connectivity index (χ0n) is 18.2. The van der Waals surface area contributed by atoms with E-state index >= 15 is 0 Å². The maximum Gasteiger partial charge on any atom is 0.416 e. The maximum absolute atomic E-state index is 13.3. The van der Waals surface area contributed by atoms with E-state index in [1.165, 1.54) is 19.9 Å². The number of piperidine rings is 1. The van der Waals surface area contributed by atoms with Gasteiger partial charge >= 0.3 is 12.1 Å². The molecule has 1 amide bonds. The Hall–Kier alpha value is -2.94. The maximum atomic E-state index is 13.3. The van der Waals surface area contributed by atoms with Crippen LogP contribution < -0.4 is 9.88 Å². The lowest BCUT2D eigenvalue weighted by atomic mass is 9.85. The second-order valence-corrected chi connectivity index (χ2v) is 11.3. The van der Waals surface area contributed by atoms with Gasteiger partial charge in [0.05, 0.1) is 28.2 Å². The zero-order valence-corrected chi connectivity index (χ0v) is 19.0. The fourth-order valence-corrected chi connectivity index (χ4v) is 6.09. The lowest BCUT2D eigenvalue weighted by molar-refractivity contribution is -0.330. The van der Waals surface area contributed by atoms with Gasteiger partial charge in [0.15, 0.2) is 9.84 Å². The molecule has 33 heavy (non-hydrogen) atoms. The second-order valence-electron chi connectivity index (χ2n) is 8.80. The molecule has 0 radical (unpaired) electrons. The van der Waals surface area contributed by atoms with E-state index in [0.717, 1.165) is 23.0 Å². The molecule has 174 valence electrons. The summed E-state index contributed by atoms with van der Waals surface area (Å²) in [5, 5.41) is 0.997. The van der Waals surface area contributed by atoms with E-state index in [4.69, 9.17) is 0 Å². The van der Waals surface area contributed by atoms with Crippen LogP contribution >= 0.6 is 0 Å². The van der Waals surface area contributed by atoms with Crippen LogP contribution in [0.3, 0.4) is 0 Å². The molecule has 5 nitrogen and oxygen atoms in total. The lowest BCUT2D eigenvalue weighted by Crippen LogP contribution is -2.49. The predicted molar refractivity (Wildman–Crippen MR) is 118 cm³/mol. The van der Waals surface area contributed by atoms with E-state index in [9.17, 15) is 26.4 Å². The molecule has 0 saturated carbocycles. The molecule has 0 bridgehead atoms. The second kappa shape index (κ2) is 8.13. The molecule has 3 aromatic rings. The smallest absolute Gasteiger partial charge is 0.247 e. The average molecular weight is 478 g/mol. The summed E-state index contributed by atoms with van der Waals surface area (Å²) < 4.78 is 64.6. The number of alkyl halides is 3. The number of halogens is 3. The average Bonchev–Trinajstić information content (AvgIpc) is 2.78. The van der Waals surface area contributed by atoms with Crippen LogP contribution in [0.5, 0.6) is 0 Å². The minimum Gasteiger partial charge on any atom is -0.247 e. The van der Waals surface area contributed by atoms with Crippen LogP contribution in [-0.2, 0) is 20.8 Å². The molecule has 0 aliphatic carbocycles. The molecule has 2 aromatic carbocycles. The minimum atomic E-state index is -4.65. The Balaban J connectivity index is 1.58. The number of hydrogen-bond acceptors (Lipinski definition) is 3. The molecule has 1 aliphatic rings. The molecular weight excluding hydrogens is 453 g/mol. The number of para-hydroxylation sites is 1. The molecule has 1 unspecified atom stereocenters. The summed E-state index contributed by atoms with van der Waals surface area (Å²) in [6, 6.07) is 15.1. The first-order chi connectivity index (χ1) is 15.4. The Kier molecular flexibility index (Phi) is 5.72. The van der Waals surface area contributed by atoms with E-state index in [1.807, 2.05) is 36.4 Å². The number of aromatic amines is 1. The van der Waals surface area contributed by atoms with Crippen LogP contribution in [0, 0.1) is 5.92 Å². The third-order valence-corrected chi connectivity index (χ3v) is 9.10. The number of sulfone groups is 1. The van der Waals surface area contributed by atoms with Crippen LogP contribution in [0.1, 0.15) is 32.3 Å². The highest BCUT2D eigenvalue weighted by Gasteiger charge is 2.48. The van der Waals surface area contributed by atoms with Crippen molar-refractivity contribution >= 4 is 32.5 Å². The number of pyridine rings is 1. The normalized spacial score (nSPS) is 18.0. The third kappa shape index (κ3) is 4.21. The van der Waals surface area contributed by atoms with Crippen molar-refractivity contribution in [2.45, 2.75) is 42.5 Å². The molecule has 1 N–H and O–H groups in total. The van der Waals surface area contributed by atoms with Crippen molar-refractivity contribution in [2.75, 3.05) is 11.4 Å². The van der Waals surface area contributed by atoms with Crippen molar-refractivity contribution < 1.29 is 31.4 Å². The largest absolute Gasteiger partial charge is 0.416 e. The molecule has 1 atom stereocenters. The first-order valence-electron chi connectivity index (χ1n) is 10.5. The standard InChI is InChI=1S/C24H23F3N2O3S/c1-23(2,33(31,32)19-8-5-7-18(14-19)24(25,26)27)17-12-13-29(22(30)15-17)21-11-10-16-6-3-4-9-20(16)28-21/h3-11,14,17H,12-13,15H2,1-2H3/p+1. The molecule has 1 saturated heterocycles. The van der Waals surface area contributed by atoms with E-state index in [2.05, 4.69) is 4.98 Å². The Morgan fingerprint density at radius 1 is 1.00 bits per heavy atom. The number of rotatable bonds is 4. The summed E-state index contributed by atoms with van der Waals surface area (Å²) >= 11 is 0. The SMILES string of the molecule is CC(C)(C1CCN(c2ccc3ccccc3[nH+]2)C(=O)C1)S(=O)(=O)c1cccc(C(F)(F)F)c1. The number of hydrogen-bond donors (Lipinski definition) is 0. The molecule has 1 aliphatic heterocycles. The van der Waals surface area contributed by atoms with Gasteiger partial charge in [-0.25, -0.2) is 18.2 Å². The number of nitrogens with one attached hydrogen (secondary N) is 1. The summed E-state index contributed by atoms with van der Waals surface area (Å²) in [6.45, 7) is 3.27. The van der Waals surface area contributed by atoms with Crippen molar-refractivity contribution in [1.29, 1.82) is 0 Å². The van der Waals surface area contributed by atoms with Gasteiger partial charge in [0.2, 0.25) is 0 Å². The highest BCUT2D eigenvalue weighted by Crippen LogP contribution is 2.40. The fraction of sp³-hybridized carbons (Fsp3) is 0.333. The van der Waals surface area contributed by atoms with Gasteiger partial charge in [-0.1, -0.05) is 24.3 Å². The van der Waals surface area contributed by atoms with E-state index < -0.39 is 32.2 Å². The van der Waals surface area contributed by atoms with Crippen molar-refractivity contribution in [3.63, 3.8) is 0 Å². The number of amides is 1. The van der Waals surface area contributed by atoms with Crippen LogP contribution in [-0.4, -0.2) is 25.6 Å². The number of carbonyl (C=O) groups is 1. The fourth-order valence-electron chi connectivity index (χ4n) is 4.31. The third-order valence-electron chi connectivity index (χ3n) is 6.51. The quantitative estimate of drug-likeness (QED) is 0.549. The van der Waals surface area contributed by atoms with Gasteiger partial charge in [-0.05, 0) is 56.5 Å². The Bertz CT molecular complexity index is 1320. The van der Waals surface area contributed by atoms with Gasteiger partial charge in [0.1, 0.15) is 5.52 Å². The minimum absolute atomic E-state index is 0.0220. The van der Waals surface area contributed by atoms with Gasteiger partial charge in [-0.3, -0.25) is 0 Å². The lowest BCUT2D eigenvalue weighted by Gasteiger charge is -2.37. The van der Waals surface area contributed by atoms with Crippen molar-refractivity contribution in [3.8, 4) is 0 Å². The molecule has 4 rings (SSSR count). The number of aromatic nitrogens is 1. The summed E-state index contributed by atoms with van der Waals surface area (Å²) in [5.74, 6) is -0.151. The molecular formula is C24H24F3N2O3S+. The number of anilines is 1. The summed E-state index contributed by atoms with van der Waals surface area (Å²) in [7, 11) is -4.13. The molecule has 1 fully saturated rings. The van der Waals surface area contributed by atoms with Gasteiger partial charge < -0.3 is 0 Å². The molecule has 1 aromatic heterocycles. The molecule has 2 heterocycles. The van der Waals surface area contributed by atoms with Gasteiger partial charge in [0, 0.05) is 11.5 Å². The van der Waals surface area contributed by atoms with Crippen molar-refractivity contribution in [2.24, 2.45) is 5.92 Å². The summed E-state index contributed by atoms with van der Waals surface area (Å²) in [5.41, 5.74) is -0.144. The van der Waals surface area contributed by atoms with Crippen molar-refractivity contribution in [1.82, 2.24) is 0 Å². The Morgan fingerprint density at radius 3 is 2.42 bits per heavy atom. The molecule has 9 heteroatoms. The highest BCUT2D eigenvalue weighted by atomic mass is 32.2. The summed E-state index contributed by atoms with van der Waals surface area (Å²) in [4.78, 5) is 17.4. The van der Waals surface area contributed by atoms with Crippen molar-refractivity contribution in [3.05, 3.63) is 66.2 Å². The van der Waals surface area contributed by atoms with Gasteiger partial charge in [0.25, 0.3) is 5.82 Å². The van der Waals surface area contributed by atoms with Crippen LogP contribution in [0.25, 0.3) is 10.9 Å². The first-order valence-corrected chi connectivity index (χ1v) is 12.0. The van der Waals surface area contributed by atoms with Crippen LogP contribution in [0.15, 0.2) is 65.6 Å². The number of fused-ring (bicyclic) bond motifs is 1. The Labute approximate surface area is 190 Å². The topological polar surface area (TPSA) is 68.6 Å². The number of nitrogens with zero attached hydrogens (tertiary/aromatic N) is 1. The van der Waals surface area contributed by atoms with Crippen LogP contribution in [0.4, 0.5) is 19.0 Å². The number of carbonyl (C=O) groups excluding carboxylic acids is 1. The number of benzene rings is 2. The zero-order chi connectivity index (χ0) is 24.0. The number of H-pyrrole nitrogens is 1. The van der Waals surface area contributed by atoms with Gasteiger partial charge in [-0.15, -0.1) is 0 Å². The van der Waals surface area contributed by atoms with E-state index in [1.54, 1.807) is 4.90 Å². The van der Waals surface area contributed by atoms with E-state index in [-0.39, 0.29) is 17.2 Å². The highest BCUT2D eigenvalue weighted by molar-refractivity contribution is 7.92. The first kappa shape index (κ1) is 23.2. The van der Waals surface area contributed by atoms with Gasteiger partial charge in [-0.2, -0.15) is 18.1 Å². The molecule has 0 spiro atoms. The monoisotopic (exact) mass is 477 g/mol. The Morgan fingerprint density at radius 2 is 1.73 bits per heavy atom. The van der Waals surface area contributed by atoms with E-state index in [0.29, 0.717) is 24.8 Å². The predicted octanol–water partition coefficient (Wildman–Crippen LogP) is 4.67. The summed E-state index contributed by atoms with van der Waals surface area (Å²) in [6.07, 6.45) is -4.27. The van der Waals surface area contributed by atoms with Crippen LogP contribution in [0.2, 0.25) is 0 Å².